The summed E-state index contributed by atoms with van der Waals surface area (Å²) in [6.07, 6.45) is 1.03. The van der Waals surface area contributed by atoms with Crippen molar-refractivity contribution in [2.45, 2.75) is 25.9 Å². The highest BCUT2D eigenvalue weighted by molar-refractivity contribution is 6.30. The number of rotatable bonds is 3. The summed E-state index contributed by atoms with van der Waals surface area (Å²) < 4.78 is 0. The lowest BCUT2D eigenvalue weighted by Gasteiger charge is -2.29. The molecule has 1 aliphatic rings. The fraction of sp³-hybridized carbons (Fsp3) is 0.462. The van der Waals surface area contributed by atoms with Crippen LogP contribution in [0.5, 0.6) is 0 Å². The van der Waals surface area contributed by atoms with Crippen molar-refractivity contribution in [3.8, 4) is 0 Å². The van der Waals surface area contributed by atoms with Gasteiger partial charge in [0, 0.05) is 18.1 Å². The Hall–Kier alpha value is -1.06. The van der Waals surface area contributed by atoms with Crippen molar-refractivity contribution in [1.29, 1.82) is 0 Å². The van der Waals surface area contributed by atoms with E-state index in [1.54, 1.807) is 0 Å². The predicted molar refractivity (Wildman–Crippen MR) is 68.9 cm³/mol. The molecular weight excluding hydrogens is 236 g/mol. The Kier molecular flexibility index (Phi) is 4.02. The lowest BCUT2D eigenvalue weighted by Crippen LogP contribution is -2.52. The van der Waals surface area contributed by atoms with E-state index in [9.17, 15) is 4.79 Å². The van der Waals surface area contributed by atoms with Crippen molar-refractivity contribution < 1.29 is 4.79 Å². The molecule has 0 unspecified atom stereocenters. The molecular formula is C13H17ClN2O. The summed E-state index contributed by atoms with van der Waals surface area (Å²) in [5.41, 5.74) is 1.14. The molecule has 0 saturated carbocycles. The van der Waals surface area contributed by atoms with E-state index < -0.39 is 0 Å². The first kappa shape index (κ1) is 12.4. The molecule has 1 aromatic carbocycles. The van der Waals surface area contributed by atoms with Crippen molar-refractivity contribution in [1.82, 2.24) is 10.6 Å². The van der Waals surface area contributed by atoms with Gasteiger partial charge in [0.05, 0.1) is 6.04 Å². The van der Waals surface area contributed by atoms with Crippen LogP contribution in [0, 0.1) is 5.92 Å². The van der Waals surface area contributed by atoms with E-state index >= 15 is 0 Å². The van der Waals surface area contributed by atoms with Crippen LogP contribution in [-0.2, 0) is 11.3 Å². The third-order valence-electron chi connectivity index (χ3n) is 3.19. The Balaban J connectivity index is 1.92. The van der Waals surface area contributed by atoms with Gasteiger partial charge in [0.1, 0.15) is 0 Å². The second kappa shape index (κ2) is 5.52. The van der Waals surface area contributed by atoms with Crippen LogP contribution in [-0.4, -0.2) is 18.5 Å². The van der Waals surface area contributed by atoms with Crippen molar-refractivity contribution in [3.05, 3.63) is 34.9 Å². The molecule has 2 rings (SSSR count). The normalized spacial score (nSPS) is 24.5. The Morgan fingerprint density at radius 2 is 2.12 bits per heavy atom. The average Bonchev–Trinajstić information content (AvgIpc) is 2.31. The number of piperidine rings is 1. The molecule has 17 heavy (non-hydrogen) atoms. The maximum Gasteiger partial charge on any atom is 0.237 e. The number of carbonyl (C=O) groups is 1. The van der Waals surface area contributed by atoms with Crippen molar-refractivity contribution >= 4 is 17.5 Å². The standard InChI is InChI=1S/C13H17ClN2O/c1-9-6-7-15-13(17)12(9)16-8-10-2-4-11(14)5-3-10/h2-5,9,12,16H,6-8H2,1H3,(H,15,17)/t9-,12-/m0/s1. The van der Waals surface area contributed by atoms with Gasteiger partial charge in [0.25, 0.3) is 0 Å². The third-order valence-corrected chi connectivity index (χ3v) is 3.44. The van der Waals surface area contributed by atoms with Crippen molar-refractivity contribution in [2.75, 3.05) is 6.54 Å². The molecule has 1 fully saturated rings. The summed E-state index contributed by atoms with van der Waals surface area (Å²) in [6, 6.07) is 7.59. The van der Waals surface area contributed by atoms with Gasteiger partial charge in [-0.1, -0.05) is 30.7 Å². The maximum absolute atomic E-state index is 11.7. The number of carbonyl (C=O) groups excluding carboxylic acids is 1. The number of hydrogen-bond acceptors (Lipinski definition) is 2. The summed E-state index contributed by atoms with van der Waals surface area (Å²) in [6.45, 7) is 3.59. The monoisotopic (exact) mass is 252 g/mol. The van der Waals surface area contributed by atoms with Gasteiger partial charge in [-0.2, -0.15) is 0 Å². The fourth-order valence-electron chi connectivity index (χ4n) is 2.08. The molecule has 1 amide bonds. The summed E-state index contributed by atoms with van der Waals surface area (Å²) in [4.78, 5) is 11.7. The van der Waals surface area contributed by atoms with Gasteiger partial charge < -0.3 is 10.6 Å². The van der Waals surface area contributed by atoms with E-state index in [-0.39, 0.29) is 11.9 Å². The molecule has 1 heterocycles. The summed E-state index contributed by atoms with van der Waals surface area (Å²) >= 11 is 5.82. The lowest BCUT2D eigenvalue weighted by atomic mass is 9.94. The van der Waals surface area contributed by atoms with Crippen molar-refractivity contribution in [3.63, 3.8) is 0 Å². The van der Waals surface area contributed by atoms with Crippen LogP contribution in [0.15, 0.2) is 24.3 Å². The number of benzene rings is 1. The molecule has 0 radical (unpaired) electrons. The molecule has 4 heteroatoms. The van der Waals surface area contributed by atoms with Crippen molar-refractivity contribution in [2.24, 2.45) is 5.92 Å². The molecule has 92 valence electrons. The molecule has 1 aromatic rings. The number of halogens is 1. The van der Waals surface area contributed by atoms with E-state index in [1.165, 1.54) is 0 Å². The van der Waals surface area contributed by atoms with Crippen LogP contribution in [0.1, 0.15) is 18.9 Å². The van der Waals surface area contributed by atoms with E-state index in [1.807, 2.05) is 24.3 Å². The smallest absolute Gasteiger partial charge is 0.237 e. The van der Waals surface area contributed by atoms with Gasteiger partial charge in [-0.25, -0.2) is 0 Å². The zero-order valence-electron chi connectivity index (χ0n) is 9.87. The lowest BCUT2D eigenvalue weighted by molar-refractivity contribution is -0.126. The molecule has 0 bridgehead atoms. The number of hydrogen-bond donors (Lipinski definition) is 2. The first-order valence-electron chi connectivity index (χ1n) is 5.92. The zero-order chi connectivity index (χ0) is 12.3. The van der Waals surface area contributed by atoms with Crippen LogP contribution < -0.4 is 10.6 Å². The molecule has 1 saturated heterocycles. The maximum atomic E-state index is 11.7. The minimum Gasteiger partial charge on any atom is -0.355 e. The van der Waals surface area contributed by atoms with Crippen LogP contribution in [0.25, 0.3) is 0 Å². The first-order valence-corrected chi connectivity index (χ1v) is 6.30. The third kappa shape index (κ3) is 3.20. The van der Waals surface area contributed by atoms with Gasteiger partial charge in [-0.15, -0.1) is 0 Å². The molecule has 2 atom stereocenters. The molecule has 0 aromatic heterocycles. The highest BCUT2D eigenvalue weighted by Crippen LogP contribution is 2.14. The largest absolute Gasteiger partial charge is 0.355 e. The Morgan fingerprint density at radius 3 is 2.76 bits per heavy atom. The van der Waals surface area contributed by atoms with Gasteiger partial charge in [-0.05, 0) is 30.0 Å². The molecule has 3 nitrogen and oxygen atoms in total. The minimum absolute atomic E-state index is 0.0839. The number of nitrogens with one attached hydrogen (secondary N) is 2. The van der Waals surface area contributed by atoms with Gasteiger partial charge in [-0.3, -0.25) is 4.79 Å². The summed E-state index contributed by atoms with van der Waals surface area (Å²) in [7, 11) is 0. The van der Waals surface area contributed by atoms with E-state index in [2.05, 4.69) is 17.6 Å². The highest BCUT2D eigenvalue weighted by Gasteiger charge is 2.27. The van der Waals surface area contributed by atoms with Crippen LogP contribution in [0.4, 0.5) is 0 Å². The van der Waals surface area contributed by atoms with Crippen LogP contribution >= 0.6 is 11.6 Å². The van der Waals surface area contributed by atoms with Gasteiger partial charge in [0.15, 0.2) is 0 Å². The van der Waals surface area contributed by atoms with Crippen LogP contribution in [0.3, 0.4) is 0 Å². The second-order valence-corrected chi connectivity index (χ2v) is 4.98. The average molecular weight is 253 g/mol. The van der Waals surface area contributed by atoms with Gasteiger partial charge >= 0.3 is 0 Å². The number of amides is 1. The van der Waals surface area contributed by atoms with E-state index in [0.717, 1.165) is 23.6 Å². The Labute approximate surface area is 107 Å². The van der Waals surface area contributed by atoms with Crippen LogP contribution in [0.2, 0.25) is 5.02 Å². The minimum atomic E-state index is -0.0839. The van der Waals surface area contributed by atoms with E-state index in [0.29, 0.717) is 12.5 Å². The summed E-state index contributed by atoms with van der Waals surface area (Å²) in [5.74, 6) is 0.494. The van der Waals surface area contributed by atoms with E-state index in [4.69, 9.17) is 11.6 Å². The fourth-order valence-corrected chi connectivity index (χ4v) is 2.21. The first-order chi connectivity index (χ1) is 8.16. The molecule has 1 aliphatic heterocycles. The SMILES string of the molecule is C[C@H]1CCNC(=O)[C@H]1NCc1ccc(Cl)cc1. The quantitative estimate of drug-likeness (QED) is 0.864. The summed E-state index contributed by atoms with van der Waals surface area (Å²) in [5, 5.41) is 6.92. The van der Waals surface area contributed by atoms with Gasteiger partial charge in [0.2, 0.25) is 5.91 Å². The Bertz CT molecular complexity index is 391. The predicted octanol–water partition coefficient (Wildman–Crippen LogP) is 1.95. The molecule has 0 aliphatic carbocycles. The Morgan fingerprint density at radius 1 is 1.41 bits per heavy atom. The topological polar surface area (TPSA) is 41.1 Å². The highest BCUT2D eigenvalue weighted by atomic mass is 35.5. The molecule has 2 N–H and O–H groups in total. The second-order valence-electron chi connectivity index (χ2n) is 4.54. The zero-order valence-corrected chi connectivity index (χ0v) is 10.6. The molecule has 0 spiro atoms.